The third kappa shape index (κ3) is 5.60. The highest BCUT2D eigenvalue weighted by Crippen LogP contribution is 2.36. The molecular formula is C30H25Cl2FN4O2. The van der Waals surface area contributed by atoms with Gasteiger partial charge in [0.05, 0.1) is 29.0 Å². The minimum absolute atomic E-state index is 0.146. The molecule has 198 valence electrons. The molecule has 4 aromatic rings. The zero-order valence-electron chi connectivity index (χ0n) is 21.3. The van der Waals surface area contributed by atoms with Gasteiger partial charge in [0, 0.05) is 24.1 Å². The van der Waals surface area contributed by atoms with Crippen LogP contribution in [0.3, 0.4) is 0 Å². The van der Waals surface area contributed by atoms with E-state index in [1.165, 1.54) is 19.1 Å². The van der Waals surface area contributed by atoms with Crippen molar-refractivity contribution in [3.05, 3.63) is 117 Å². The van der Waals surface area contributed by atoms with Crippen LogP contribution in [0.1, 0.15) is 52.8 Å². The molecule has 0 fully saturated rings. The number of nitrogens with one attached hydrogen (secondary N) is 1. The lowest BCUT2D eigenvalue weighted by molar-refractivity contribution is -0.128. The van der Waals surface area contributed by atoms with Crippen molar-refractivity contribution in [2.45, 2.75) is 26.4 Å². The van der Waals surface area contributed by atoms with Gasteiger partial charge in [-0.05, 0) is 60.0 Å². The summed E-state index contributed by atoms with van der Waals surface area (Å²) in [5, 5.41) is 8.59. The smallest absolute Gasteiger partial charge is 0.272 e. The highest BCUT2D eigenvalue weighted by atomic mass is 35.5. The number of halogens is 3. The van der Waals surface area contributed by atoms with Gasteiger partial charge in [0.15, 0.2) is 5.69 Å². The Morgan fingerprint density at radius 2 is 1.74 bits per heavy atom. The summed E-state index contributed by atoms with van der Waals surface area (Å²) in [6.45, 7) is 3.85. The first-order chi connectivity index (χ1) is 18.7. The maximum absolute atomic E-state index is 13.7. The maximum Gasteiger partial charge on any atom is 0.272 e. The van der Waals surface area contributed by atoms with E-state index in [4.69, 9.17) is 28.3 Å². The van der Waals surface area contributed by atoms with Crippen molar-refractivity contribution in [2.75, 3.05) is 6.54 Å². The first kappa shape index (κ1) is 26.7. The lowest BCUT2D eigenvalue weighted by atomic mass is 9.97. The van der Waals surface area contributed by atoms with Crippen LogP contribution in [0, 0.1) is 5.82 Å². The first-order valence-corrected chi connectivity index (χ1v) is 13.1. The van der Waals surface area contributed by atoms with Gasteiger partial charge >= 0.3 is 0 Å². The van der Waals surface area contributed by atoms with Crippen molar-refractivity contribution in [1.29, 1.82) is 0 Å². The number of rotatable bonds is 5. The first-order valence-electron chi connectivity index (χ1n) is 12.4. The van der Waals surface area contributed by atoms with Crippen molar-refractivity contribution in [2.24, 2.45) is 0 Å². The lowest BCUT2D eigenvalue weighted by Gasteiger charge is -2.29. The quantitative estimate of drug-likeness (QED) is 0.294. The van der Waals surface area contributed by atoms with Gasteiger partial charge in [0.2, 0.25) is 5.91 Å². The van der Waals surface area contributed by atoms with Gasteiger partial charge in [-0.1, -0.05) is 65.7 Å². The average molecular weight is 563 g/mol. The van der Waals surface area contributed by atoms with Crippen LogP contribution in [-0.2, 0) is 11.3 Å². The molecule has 1 N–H and O–H groups in total. The third-order valence-corrected chi connectivity index (χ3v) is 7.19. The van der Waals surface area contributed by atoms with Gasteiger partial charge in [-0.3, -0.25) is 9.59 Å². The van der Waals surface area contributed by atoms with E-state index >= 15 is 0 Å². The summed E-state index contributed by atoms with van der Waals surface area (Å²) in [7, 11) is 0. The Morgan fingerprint density at radius 3 is 2.41 bits per heavy atom. The second kappa shape index (κ2) is 11.0. The number of benzene rings is 3. The Labute approximate surface area is 235 Å². The molecule has 5 rings (SSSR count). The van der Waals surface area contributed by atoms with E-state index in [9.17, 15) is 14.0 Å². The largest absolute Gasteiger partial charge is 0.344 e. The summed E-state index contributed by atoms with van der Waals surface area (Å²) in [6.07, 6.45) is 1.86. The highest BCUT2D eigenvalue weighted by Gasteiger charge is 2.33. The van der Waals surface area contributed by atoms with Crippen LogP contribution in [0.5, 0.6) is 0 Å². The maximum atomic E-state index is 13.7. The summed E-state index contributed by atoms with van der Waals surface area (Å²) in [6, 6.07) is 20.4. The summed E-state index contributed by atoms with van der Waals surface area (Å²) >= 11 is 12.7. The molecule has 1 aliphatic heterocycles. The second-order valence-corrected chi connectivity index (χ2v) is 10.2. The molecular weight excluding hydrogens is 538 g/mol. The van der Waals surface area contributed by atoms with Gasteiger partial charge in [-0.2, -0.15) is 5.10 Å². The Bertz CT molecular complexity index is 1580. The van der Waals surface area contributed by atoms with Crippen LogP contribution < -0.4 is 5.32 Å². The molecule has 0 saturated carbocycles. The van der Waals surface area contributed by atoms with Gasteiger partial charge in [-0.15, -0.1) is 0 Å². The molecule has 0 saturated heterocycles. The molecule has 1 aromatic heterocycles. The number of hydrogen-bond donors (Lipinski definition) is 1. The minimum atomic E-state index is -0.377. The number of amides is 2. The zero-order valence-corrected chi connectivity index (χ0v) is 22.8. The fourth-order valence-corrected chi connectivity index (χ4v) is 5.14. The van der Waals surface area contributed by atoms with Crippen LogP contribution in [0.25, 0.3) is 17.3 Å². The molecule has 1 atom stereocenters. The third-order valence-electron chi connectivity index (χ3n) is 6.65. The Morgan fingerprint density at radius 1 is 1.03 bits per heavy atom. The highest BCUT2D eigenvalue weighted by molar-refractivity contribution is 6.35. The van der Waals surface area contributed by atoms with Crippen molar-refractivity contribution in [3.8, 4) is 5.69 Å². The van der Waals surface area contributed by atoms with Gasteiger partial charge < -0.3 is 10.2 Å². The molecule has 0 spiro atoms. The lowest BCUT2D eigenvalue weighted by Crippen LogP contribution is -2.35. The fraction of sp³-hybridized carbons (Fsp3) is 0.167. The molecule has 2 heterocycles. The van der Waals surface area contributed by atoms with E-state index in [0.29, 0.717) is 27.0 Å². The van der Waals surface area contributed by atoms with Crippen molar-refractivity contribution in [1.82, 2.24) is 20.0 Å². The van der Waals surface area contributed by atoms with E-state index in [0.717, 1.165) is 16.7 Å². The molecule has 0 radical (unpaired) electrons. The predicted octanol–water partition coefficient (Wildman–Crippen LogP) is 6.71. The van der Waals surface area contributed by atoms with Crippen LogP contribution >= 0.6 is 23.2 Å². The number of fused-ring (bicyclic) bond motifs is 1. The van der Waals surface area contributed by atoms with E-state index in [-0.39, 0.29) is 42.5 Å². The fourth-order valence-electron chi connectivity index (χ4n) is 4.65. The summed E-state index contributed by atoms with van der Waals surface area (Å²) in [4.78, 5) is 27.9. The Kier molecular flexibility index (Phi) is 7.55. The molecule has 0 bridgehead atoms. The topological polar surface area (TPSA) is 67.2 Å². The average Bonchev–Trinajstić information content (AvgIpc) is 3.30. The second-order valence-electron chi connectivity index (χ2n) is 9.39. The molecule has 39 heavy (non-hydrogen) atoms. The molecule has 1 aliphatic rings. The number of nitrogens with zero attached hydrogens (tertiary/aromatic N) is 3. The molecule has 9 heteroatoms. The SMILES string of the molecule is CC(=O)N1CC(=Cc2ccc(F)cc2)c2c(c(C(=O)N[C@H](C)c3ccccc3)nn2-c2ccc(Cl)cc2Cl)C1. The Hall–Kier alpha value is -3.94. The normalized spacial score (nSPS) is 14.7. The monoisotopic (exact) mass is 562 g/mol. The molecule has 2 amide bonds. The van der Waals surface area contributed by atoms with Crippen molar-refractivity contribution < 1.29 is 14.0 Å². The van der Waals surface area contributed by atoms with Gasteiger partial charge in [0.1, 0.15) is 5.82 Å². The summed E-state index contributed by atoms with van der Waals surface area (Å²) in [5.74, 6) is -0.874. The summed E-state index contributed by atoms with van der Waals surface area (Å²) < 4.78 is 15.2. The predicted molar refractivity (Wildman–Crippen MR) is 151 cm³/mol. The van der Waals surface area contributed by atoms with Crippen LogP contribution in [0.2, 0.25) is 10.0 Å². The molecule has 0 aliphatic carbocycles. The number of hydrogen-bond acceptors (Lipinski definition) is 3. The zero-order chi connectivity index (χ0) is 27.7. The van der Waals surface area contributed by atoms with E-state index in [2.05, 4.69) is 5.32 Å². The molecule has 3 aromatic carbocycles. The van der Waals surface area contributed by atoms with Crippen LogP contribution in [0.15, 0.2) is 72.8 Å². The number of carbonyl (C=O) groups is 2. The Balaban J connectivity index is 1.68. The van der Waals surface area contributed by atoms with Gasteiger partial charge in [-0.25, -0.2) is 9.07 Å². The molecule has 6 nitrogen and oxygen atoms in total. The molecule has 0 unspecified atom stereocenters. The minimum Gasteiger partial charge on any atom is -0.344 e. The van der Waals surface area contributed by atoms with Crippen molar-refractivity contribution >= 4 is 46.7 Å². The van der Waals surface area contributed by atoms with Crippen molar-refractivity contribution in [3.63, 3.8) is 0 Å². The summed E-state index contributed by atoms with van der Waals surface area (Å²) in [5.41, 5.74) is 4.38. The van der Waals surface area contributed by atoms with Crippen LogP contribution in [0.4, 0.5) is 4.39 Å². The number of aromatic nitrogens is 2. The van der Waals surface area contributed by atoms with Crippen LogP contribution in [-0.4, -0.2) is 33.0 Å². The van der Waals surface area contributed by atoms with Gasteiger partial charge in [0.25, 0.3) is 5.91 Å². The van der Waals surface area contributed by atoms with E-state index < -0.39 is 0 Å². The number of carbonyl (C=O) groups excluding carboxylic acids is 2. The van der Waals surface area contributed by atoms with E-state index in [1.807, 2.05) is 43.3 Å². The standard InChI is InChI=1S/C30H25Cl2FN4O2/c1-18(21-6-4-3-5-7-21)34-30(39)28-25-17-36(19(2)38)16-22(14-20-8-11-24(33)12-9-20)29(25)37(35-28)27-13-10-23(31)15-26(27)32/h3-15,18H,16-17H2,1-2H3,(H,34,39)/t18-/m1/s1. The van der Waals surface area contributed by atoms with E-state index in [1.54, 1.807) is 39.9 Å².